The van der Waals surface area contributed by atoms with E-state index >= 15 is 0 Å². The molecular formula is C49H98N4O2. The summed E-state index contributed by atoms with van der Waals surface area (Å²) >= 11 is 0. The number of hydrogen-bond donors (Lipinski definition) is 4. The molecule has 0 aliphatic rings. The highest BCUT2D eigenvalue weighted by Crippen LogP contribution is 2.35. The van der Waals surface area contributed by atoms with Crippen LogP contribution in [0.1, 0.15) is 208 Å². The van der Waals surface area contributed by atoms with Gasteiger partial charge < -0.3 is 26.0 Å². The van der Waals surface area contributed by atoms with Crippen molar-refractivity contribution < 1.29 is 9.53 Å². The highest BCUT2D eigenvalue weighted by atomic mass is 16.5. The maximum atomic E-state index is 13.7. The van der Waals surface area contributed by atoms with Crippen LogP contribution in [0.2, 0.25) is 0 Å². The normalized spacial score (nSPS) is 13.9. The number of amides is 1. The van der Waals surface area contributed by atoms with Crippen LogP contribution >= 0.6 is 0 Å². The topological polar surface area (TPSA) is 74.4 Å². The lowest BCUT2D eigenvalue weighted by molar-refractivity contribution is -0.123. The molecule has 6 nitrogen and oxygen atoms in total. The molecule has 1 amide bonds. The molecule has 0 fully saturated rings. The van der Waals surface area contributed by atoms with Gasteiger partial charge in [0, 0.05) is 42.6 Å². The van der Waals surface area contributed by atoms with Crippen LogP contribution in [0.4, 0.5) is 0 Å². The van der Waals surface area contributed by atoms with E-state index in [4.69, 9.17) is 4.74 Å². The molecule has 2 atom stereocenters. The molecule has 0 rings (SSSR count). The van der Waals surface area contributed by atoms with Gasteiger partial charge in [-0.2, -0.15) is 0 Å². The molecule has 0 saturated heterocycles. The van der Waals surface area contributed by atoms with Crippen LogP contribution in [-0.4, -0.2) is 43.3 Å². The van der Waals surface area contributed by atoms with E-state index in [-0.39, 0.29) is 39.8 Å². The Balaban J connectivity index is 0. The second kappa shape index (κ2) is 25.4. The minimum Gasteiger partial charge on any atom is -0.389 e. The predicted octanol–water partition coefficient (Wildman–Crippen LogP) is 13.3. The van der Waals surface area contributed by atoms with Crippen molar-refractivity contribution in [1.82, 2.24) is 21.3 Å². The Morgan fingerprint density at radius 1 is 0.545 bits per heavy atom. The van der Waals surface area contributed by atoms with E-state index in [0.717, 1.165) is 107 Å². The predicted molar refractivity (Wildman–Crippen MR) is 245 cm³/mol. The fourth-order valence-electron chi connectivity index (χ4n) is 6.42. The molecule has 0 aliphatic heterocycles. The van der Waals surface area contributed by atoms with E-state index in [9.17, 15) is 4.79 Å². The third-order valence-electron chi connectivity index (χ3n) is 9.84. The number of hydrogen-bond acceptors (Lipinski definition) is 5. The average Bonchev–Trinajstić information content (AvgIpc) is 3.00. The Hall–Kier alpha value is -1.95. The number of unbranched alkanes of at least 4 members (excludes halogenated alkanes) is 2. The first kappa shape index (κ1) is 55.1. The van der Waals surface area contributed by atoms with Crippen molar-refractivity contribution in [1.29, 1.82) is 0 Å². The molecule has 55 heavy (non-hydrogen) atoms. The summed E-state index contributed by atoms with van der Waals surface area (Å²) in [5.41, 5.74) is 3.97. The van der Waals surface area contributed by atoms with Gasteiger partial charge in [-0.1, -0.05) is 124 Å². The first-order valence-electron chi connectivity index (χ1n) is 22.1. The first-order chi connectivity index (χ1) is 24.9. The van der Waals surface area contributed by atoms with Crippen LogP contribution in [-0.2, 0) is 9.53 Å². The van der Waals surface area contributed by atoms with Crippen molar-refractivity contribution in [3.8, 4) is 0 Å². The lowest BCUT2D eigenvalue weighted by atomic mass is 9.77. The maximum Gasteiger partial charge on any atom is 0.242 e. The monoisotopic (exact) mass is 775 g/mol. The van der Waals surface area contributed by atoms with Gasteiger partial charge in [-0.25, -0.2) is 0 Å². The van der Waals surface area contributed by atoms with Gasteiger partial charge in [0.2, 0.25) is 5.91 Å². The lowest BCUT2D eigenvalue weighted by Crippen LogP contribution is -2.47. The first-order valence-corrected chi connectivity index (χ1v) is 22.1. The summed E-state index contributed by atoms with van der Waals surface area (Å²) in [6.07, 6.45) is 13.0. The molecule has 0 bridgehead atoms. The number of nitrogens with one attached hydrogen (secondary N) is 4. The van der Waals surface area contributed by atoms with Gasteiger partial charge in [0.1, 0.15) is 6.04 Å². The number of carbonyl (C=O) groups is 1. The van der Waals surface area contributed by atoms with Gasteiger partial charge in [-0.3, -0.25) is 4.79 Å². The second-order valence-corrected chi connectivity index (χ2v) is 22.4. The molecule has 0 spiro atoms. The van der Waals surface area contributed by atoms with Crippen LogP contribution in [0.5, 0.6) is 0 Å². The molecule has 0 aromatic carbocycles. The van der Waals surface area contributed by atoms with Crippen LogP contribution in [0, 0.1) is 27.1 Å². The minimum absolute atomic E-state index is 0.0769. The van der Waals surface area contributed by atoms with Crippen molar-refractivity contribution in [3.63, 3.8) is 0 Å². The summed E-state index contributed by atoms with van der Waals surface area (Å²) in [5, 5.41) is 14.0. The fraction of sp³-hybridized carbons (Fsp3) is 0.857. The van der Waals surface area contributed by atoms with Crippen molar-refractivity contribution in [3.05, 3.63) is 36.8 Å². The SMILES string of the molecule is C=C(CC(C)(C)CCC(C)(C)C)NCCCCC(NC(=C)CC(C)(C)CCC(C)(C)C)C(=O)NC(C)CCCCNC(=C)CC(C)(C)OCC(C)(C)C.CC. The molecule has 0 heterocycles. The summed E-state index contributed by atoms with van der Waals surface area (Å²) < 4.78 is 6.17. The Labute approximate surface area is 345 Å². The molecule has 0 aromatic rings. The Morgan fingerprint density at radius 2 is 0.964 bits per heavy atom. The average molecular weight is 775 g/mol. The molecule has 2 unspecified atom stereocenters. The quantitative estimate of drug-likeness (QED) is 0.0596. The smallest absolute Gasteiger partial charge is 0.242 e. The van der Waals surface area contributed by atoms with E-state index in [2.05, 4.69) is 152 Å². The summed E-state index contributed by atoms with van der Waals surface area (Å²) in [7, 11) is 0. The zero-order valence-corrected chi connectivity index (χ0v) is 40.4. The maximum absolute atomic E-state index is 13.7. The molecule has 0 aromatic heterocycles. The Kier molecular flexibility index (Phi) is 25.5. The summed E-state index contributed by atoms with van der Waals surface area (Å²) in [5.74, 6) is 0.0769. The number of carbonyl (C=O) groups excluding carboxylic acids is 1. The minimum atomic E-state index is -0.295. The number of allylic oxidation sites excluding steroid dienone is 2. The fourth-order valence-corrected chi connectivity index (χ4v) is 6.42. The molecule has 0 aliphatic carbocycles. The molecule has 326 valence electrons. The van der Waals surface area contributed by atoms with Crippen molar-refractivity contribution >= 4 is 5.91 Å². The zero-order valence-electron chi connectivity index (χ0n) is 40.4. The largest absolute Gasteiger partial charge is 0.389 e. The standard InChI is InChI=1S/C47H92N4O2.C2H6/c1-36(24-20-22-30-49-38(3)34-47(18,19)53-35-44(11,12)13)51-41(52)40(50-39(4)33-46(16,17)29-27-43(8,9)10)25-21-23-31-48-37(2)32-45(14,15)28-26-42(5,6)7;1-2/h36,40,48-50H,2-4,20-35H2,1,5-19H3,(H,51,52);1-2H3. The van der Waals surface area contributed by atoms with Gasteiger partial charge in [0.15, 0.2) is 0 Å². The summed E-state index contributed by atoms with van der Waals surface area (Å²) in [6.45, 7) is 55.6. The van der Waals surface area contributed by atoms with Crippen molar-refractivity contribution in [2.45, 2.75) is 226 Å². The van der Waals surface area contributed by atoms with Gasteiger partial charge in [0.25, 0.3) is 0 Å². The van der Waals surface area contributed by atoms with E-state index < -0.39 is 0 Å². The molecule has 4 N–H and O–H groups in total. The van der Waals surface area contributed by atoms with Gasteiger partial charge in [0.05, 0.1) is 12.2 Å². The lowest BCUT2D eigenvalue weighted by Gasteiger charge is -2.31. The summed E-state index contributed by atoms with van der Waals surface area (Å²) in [6, 6.07) is -0.195. The number of rotatable bonds is 28. The summed E-state index contributed by atoms with van der Waals surface area (Å²) in [4.78, 5) is 13.7. The Bertz CT molecular complexity index is 1100. The van der Waals surface area contributed by atoms with Gasteiger partial charge in [-0.15, -0.1) is 0 Å². The van der Waals surface area contributed by atoms with Crippen LogP contribution in [0.15, 0.2) is 36.8 Å². The van der Waals surface area contributed by atoms with Crippen LogP contribution in [0.3, 0.4) is 0 Å². The van der Waals surface area contributed by atoms with E-state index in [1.807, 2.05) is 13.8 Å². The van der Waals surface area contributed by atoms with Crippen LogP contribution in [0.25, 0.3) is 0 Å². The van der Waals surface area contributed by atoms with E-state index in [0.29, 0.717) is 10.8 Å². The highest BCUT2D eigenvalue weighted by Gasteiger charge is 2.27. The molecule has 0 saturated carbocycles. The molecule has 6 heteroatoms. The third-order valence-corrected chi connectivity index (χ3v) is 9.84. The number of ether oxygens (including phenoxy) is 1. The van der Waals surface area contributed by atoms with Gasteiger partial charge >= 0.3 is 0 Å². The van der Waals surface area contributed by atoms with E-state index in [1.54, 1.807) is 0 Å². The van der Waals surface area contributed by atoms with Gasteiger partial charge in [-0.05, 0) is 125 Å². The van der Waals surface area contributed by atoms with E-state index in [1.165, 1.54) is 12.8 Å². The molecular weight excluding hydrogens is 677 g/mol. The molecule has 0 radical (unpaired) electrons. The highest BCUT2D eigenvalue weighted by molar-refractivity contribution is 5.82. The van der Waals surface area contributed by atoms with Crippen molar-refractivity contribution in [2.75, 3.05) is 19.7 Å². The Morgan fingerprint density at radius 3 is 1.40 bits per heavy atom. The zero-order chi connectivity index (χ0) is 43.3. The van der Waals surface area contributed by atoms with Crippen molar-refractivity contribution in [2.24, 2.45) is 27.1 Å². The second-order valence-electron chi connectivity index (χ2n) is 22.4. The third kappa shape index (κ3) is 33.9. The van der Waals surface area contributed by atoms with Crippen LogP contribution < -0.4 is 21.3 Å².